The number of aromatic nitrogens is 3. The number of fused-ring (bicyclic) bond motifs is 1. The second-order valence-electron chi connectivity index (χ2n) is 6.55. The van der Waals surface area contributed by atoms with Crippen molar-refractivity contribution in [3.63, 3.8) is 0 Å². The van der Waals surface area contributed by atoms with Crippen LogP contribution in [-0.2, 0) is 0 Å². The fourth-order valence-electron chi connectivity index (χ4n) is 3.13. The van der Waals surface area contributed by atoms with Crippen LogP contribution in [0.2, 0.25) is 0 Å². The zero-order valence-corrected chi connectivity index (χ0v) is 15.2. The van der Waals surface area contributed by atoms with Gasteiger partial charge in [0.15, 0.2) is 5.65 Å². The Bertz CT molecular complexity index is 878. The average molecular weight is 355 g/mol. The Balaban J connectivity index is 1.55. The van der Waals surface area contributed by atoms with Crippen LogP contribution in [0, 0.1) is 0 Å². The summed E-state index contributed by atoms with van der Waals surface area (Å²) in [4.78, 5) is 22.2. The van der Waals surface area contributed by atoms with Gasteiger partial charge in [-0.1, -0.05) is 19.9 Å². The van der Waals surface area contributed by atoms with Crippen LogP contribution in [-0.4, -0.2) is 51.6 Å². The average Bonchev–Trinajstić information content (AvgIpc) is 3.31. The molecule has 0 aromatic carbocycles. The van der Waals surface area contributed by atoms with E-state index in [1.165, 1.54) is 11.3 Å². The molecule has 4 heterocycles. The monoisotopic (exact) mass is 355 g/mol. The van der Waals surface area contributed by atoms with Gasteiger partial charge in [-0.2, -0.15) is 9.61 Å². The fourth-order valence-corrected chi connectivity index (χ4v) is 3.82. The number of rotatable bonds is 3. The molecule has 0 aliphatic carbocycles. The van der Waals surface area contributed by atoms with E-state index < -0.39 is 0 Å². The lowest BCUT2D eigenvalue weighted by Crippen LogP contribution is -2.49. The van der Waals surface area contributed by atoms with Gasteiger partial charge in [-0.05, 0) is 17.4 Å². The lowest BCUT2D eigenvalue weighted by Gasteiger charge is -2.36. The summed E-state index contributed by atoms with van der Waals surface area (Å²) in [5, 5.41) is 6.37. The smallest absolute Gasteiger partial charge is 0.264 e. The topological polar surface area (TPSA) is 53.7 Å². The van der Waals surface area contributed by atoms with Crippen molar-refractivity contribution in [1.29, 1.82) is 0 Å². The number of carbonyl (C=O) groups excluding carboxylic acids is 1. The van der Waals surface area contributed by atoms with Gasteiger partial charge in [-0.15, -0.1) is 11.3 Å². The van der Waals surface area contributed by atoms with Crippen LogP contribution in [0.4, 0.5) is 5.82 Å². The molecule has 4 rings (SSSR count). The first kappa shape index (κ1) is 16.1. The van der Waals surface area contributed by atoms with Crippen molar-refractivity contribution in [3.05, 3.63) is 46.4 Å². The Hall–Kier alpha value is -2.41. The van der Waals surface area contributed by atoms with Gasteiger partial charge in [-0.3, -0.25) is 4.79 Å². The summed E-state index contributed by atoms with van der Waals surface area (Å²) >= 11 is 1.50. The second-order valence-corrected chi connectivity index (χ2v) is 7.50. The summed E-state index contributed by atoms with van der Waals surface area (Å²) in [6.45, 7) is 7.34. The third-order valence-electron chi connectivity index (χ3n) is 4.57. The zero-order chi connectivity index (χ0) is 17.4. The molecule has 1 amide bonds. The summed E-state index contributed by atoms with van der Waals surface area (Å²) in [6, 6.07) is 7.88. The highest BCUT2D eigenvalue weighted by molar-refractivity contribution is 7.12. The highest BCUT2D eigenvalue weighted by atomic mass is 32.1. The van der Waals surface area contributed by atoms with Crippen LogP contribution in [0.1, 0.15) is 35.1 Å². The van der Waals surface area contributed by atoms with Crippen molar-refractivity contribution in [3.8, 4) is 0 Å². The molecule has 0 radical (unpaired) electrons. The standard InChI is InChI=1S/C18H21N5OS/c1-13(2)14-12-17(23-16(20-14)5-6-19-23)21-7-9-22(10-8-21)18(24)15-4-3-11-25-15/h3-6,11-13H,7-10H2,1-2H3. The molecular formula is C18H21N5OS. The molecule has 1 aliphatic rings. The van der Waals surface area contributed by atoms with Crippen molar-refractivity contribution in [2.45, 2.75) is 19.8 Å². The highest BCUT2D eigenvalue weighted by Gasteiger charge is 2.24. The van der Waals surface area contributed by atoms with Crippen molar-refractivity contribution in [1.82, 2.24) is 19.5 Å². The molecule has 3 aromatic heterocycles. The summed E-state index contributed by atoms with van der Waals surface area (Å²) in [7, 11) is 0. The van der Waals surface area contributed by atoms with Crippen LogP contribution in [0.15, 0.2) is 35.8 Å². The van der Waals surface area contributed by atoms with E-state index in [9.17, 15) is 4.79 Å². The highest BCUT2D eigenvalue weighted by Crippen LogP contribution is 2.23. The van der Waals surface area contributed by atoms with Gasteiger partial charge in [0.2, 0.25) is 0 Å². The number of nitrogens with zero attached hydrogens (tertiary/aromatic N) is 5. The molecular weight excluding hydrogens is 334 g/mol. The third kappa shape index (κ3) is 3.00. The first-order valence-electron chi connectivity index (χ1n) is 8.56. The molecule has 25 heavy (non-hydrogen) atoms. The van der Waals surface area contributed by atoms with Crippen molar-refractivity contribution >= 4 is 28.7 Å². The van der Waals surface area contributed by atoms with E-state index in [2.05, 4.69) is 34.9 Å². The molecule has 130 valence electrons. The quantitative estimate of drug-likeness (QED) is 0.725. The van der Waals surface area contributed by atoms with E-state index in [0.717, 1.165) is 48.2 Å². The van der Waals surface area contributed by atoms with Gasteiger partial charge in [0.05, 0.1) is 11.1 Å². The Labute approximate surface area is 150 Å². The summed E-state index contributed by atoms with van der Waals surface area (Å²) < 4.78 is 1.89. The molecule has 7 heteroatoms. The first-order valence-corrected chi connectivity index (χ1v) is 9.44. The number of hydrogen-bond acceptors (Lipinski definition) is 5. The van der Waals surface area contributed by atoms with Gasteiger partial charge in [0.25, 0.3) is 5.91 Å². The van der Waals surface area contributed by atoms with Crippen LogP contribution in [0.3, 0.4) is 0 Å². The molecule has 1 fully saturated rings. The van der Waals surface area contributed by atoms with Crippen LogP contribution < -0.4 is 4.90 Å². The molecule has 0 bridgehead atoms. The maximum Gasteiger partial charge on any atom is 0.264 e. The first-order chi connectivity index (χ1) is 12.1. The molecule has 0 saturated carbocycles. The normalized spacial score (nSPS) is 15.3. The van der Waals surface area contributed by atoms with E-state index in [-0.39, 0.29) is 5.91 Å². The lowest BCUT2D eigenvalue weighted by molar-refractivity contribution is 0.0751. The summed E-state index contributed by atoms with van der Waals surface area (Å²) in [5.41, 5.74) is 1.94. The zero-order valence-electron chi connectivity index (χ0n) is 14.4. The fraction of sp³-hybridized carbons (Fsp3) is 0.389. The Kier molecular flexibility index (Phi) is 4.17. The van der Waals surface area contributed by atoms with Gasteiger partial charge in [0.1, 0.15) is 5.82 Å². The molecule has 3 aromatic rings. The Morgan fingerprint density at radius 1 is 1.20 bits per heavy atom. The predicted octanol–water partition coefficient (Wildman–Crippen LogP) is 2.88. The van der Waals surface area contributed by atoms with Crippen molar-refractivity contribution in [2.75, 3.05) is 31.1 Å². The molecule has 0 atom stereocenters. The lowest BCUT2D eigenvalue weighted by atomic mass is 10.1. The van der Waals surface area contributed by atoms with E-state index in [0.29, 0.717) is 5.92 Å². The van der Waals surface area contributed by atoms with Crippen molar-refractivity contribution < 1.29 is 4.79 Å². The molecule has 1 aliphatic heterocycles. The largest absolute Gasteiger partial charge is 0.353 e. The predicted molar refractivity (Wildman–Crippen MR) is 99.5 cm³/mol. The molecule has 0 N–H and O–H groups in total. The van der Waals surface area contributed by atoms with Crippen LogP contribution >= 0.6 is 11.3 Å². The molecule has 0 unspecified atom stereocenters. The molecule has 1 saturated heterocycles. The SMILES string of the molecule is CC(C)c1cc(N2CCN(C(=O)c3cccs3)CC2)n2nccc2n1. The van der Waals surface area contributed by atoms with Gasteiger partial charge < -0.3 is 9.80 Å². The van der Waals surface area contributed by atoms with E-state index >= 15 is 0 Å². The maximum absolute atomic E-state index is 12.5. The minimum atomic E-state index is 0.136. The van der Waals surface area contributed by atoms with E-state index in [1.807, 2.05) is 33.0 Å². The van der Waals surface area contributed by atoms with Crippen molar-refractivity contribution in [2.24, 2.45) is 0 Å². The number of thiophene rings is 1. The number of amides is 1. The minimum absolute atomic E-state index is 0.136. The maximum atomic E-state index is 12.5. The van der Waals surface area contributed by atoms with Gasteiger partial charge >= 0.3 is 0 Å². The van der Waals surface area contributed by atoms with E-state index in [4.69, 9.17) is 0 Å². The number of carbonyl (C=O) groups is 1. The number of piperazine rings is 1. The Morgan fingerprint density at radius 3 is 2.68 bits per heavy atom. The van der Waals surface area contributed by atoms with E-state index in [1.54, 1.807) is 6.20 Å². The van der Waals surface area contributed by atoms with Crippen LogP contribution in [0.25, 0.3) is 5.65 Å². The number of hydrogen-bond donors (Lipinski definition) is 0. The summed E-state index contributed by atoms with van der Waals surface area (Å²) in [5.74, 6) is 1.55. The minimum Gasteiger partial charge on any atom is -0.353 e. The molecule has 6 nitrogen and oxygen atoms in total. The Morgan fingerprint density at radius 2 is 2.00 bits per heavy atom. The third-order valence-corrected chi connectivity index (χ3v) is 5.43. The summed E-state index contributed by atoms with van der Waals surface area (Å²) in [6.07, 6.45) is 1.78. The van der Waals surface area contributed by atoms with Crippen LogP contribution in [0.5, 0.6) is 0 Å². The molecule has 0 spiro atoms. The second kappa shape index (κ2) is 6.48. The van der Waals surface area contributed by atoms with Gasteiger partial charge in [-0.25, -0.2) is 4.98 Å². The number of anilines is 1. The van der Waals surface area contributed by atoms with Gasteiger partial charge in [0, 0.05) is 44.0 Å².